The van der Waals surface area contributed by atoms with Crippen molar-refractivity contribution in [2.24, 2.45) is 52.3 Å². The number of allylic oxidation sites excluding steroid dienone is 1. The van der Waals surface area contributed by atoms with Gasteiger partial charge >= 0.3 is 12.2 Å². The molecule has 4 unspecified atom stereocenters. The highest BCUT2D eigenvalue weighted by Gasteiger charge is 2.73. The molecule has 14 atom stereocenters. The Kier molecular flexibility index (Phi) is 11.0. The molecule has 69 heavy (non-hydrogen) atoms. The summed E-state index contributed by atoms with van der Waals surface area (Å²) in [7, 11) is 2.44. The third-order valence-electron chi connectivity index (χ3n) is 17.3. The molecule has 3 aromatic rings. The summed E-state index contributed by atoms with van der Waals surface area (Å²) in [6, 6.07) is 13.1. The Morgan fingerprint density at radius 3 is 1.72 bits per heavy atom. The summed E-state index contributed by atoms with van der Waals surface area (Å²) in [5, 5.41) is 5.71. The summed E-state index contributed by atoms with van der Waals surface area (Å²) in [6.45, 7) is 6.03. The van der Waals surface area contributed by atoms with Crippen LogP contribution in [0.25, 0.3) is 28.1 Å². The van der Waals surface area contributed by atoms with Crippen molar-refractivity contribution >= 4 is 47.0 Å². The van der Waals surface area contributed by atoms with E-state index in [9.17, 15) is 36.7 Å². The van der Waals surface area contributed by atoms with E-state index in [1.54, 1.807) is 4.90 Å². The van der Waals surface area contributed by atoms with Crippen molar-refractivity contribution in [3.05, 3.63) is 70.6 Å². The van der Waals surface area contributed by atoms with Gasteiger partial charge in [-0.1, -0.05) is 67.1 Å². The van der Waals surface area contributed by atoms with Crippen LogP contribution in [0, 0.1) is 47.3 Å². The van der Waals surface area contributed by atoms with Gasteiger partial charge in [0.2, 0.25) is 11.8 Å². The van der Waals surface area contributed by atoms with Crippen LogP contribution >= 0.6 is 11.6 Å². The lowest BCUT2D eigenvalue weighted by Crippen LogP contribution is -2.55. The number of ether oxygens (including phenoxy) is 2. The molecule has 4 amide bonds. The smallest absolute Gasteiger partial charge is 0.407 e. The molecule has 2 saturated heterocycles. The number of aliphatic imine (C=N–C) groups is 1. The van der Waals surface area contributed by atoms with Gasteiger partial charge in [-0.05, 0) is 99.2 Å². The third-order valence-corrected chi connectivity index (χ3v) is 17.6. The maximum Gasteiger partial charge on any atom is 0.407 e. The lowest BCUT2D eigenvalue weighted by Gasteiger charge is -2.34. The molecule has 11 rings (SSSR count). The van der Waals surface area contributed by atoms with Gasteiger partial charge in [0.25, 0.3) is 11.8 Å². The van der Waals surface area contributed by atoms with E-state index in [2.05, 4.69) is 15.6 Å². The van der Waals surface area contributed by atoms with E-state index in [-0.39, 0.29) is 67.5 Å². The third kappa shape index (κ3) is 7.70. The van der Waals surface area contributed by atoms with Crippen molar-refractivity contribution in [2.45, 2.75) is 120 Å². The SMILES string of the molecule is COC(=O)NC(C(=O)N1[C@@H]2C[C@@H]2C[C@H]1C1=NC(c2ccc(-c3ccc(-c4nc([C@@H]5C[C@@H](C)[C@@H](C)N5C(=O)C(NC(=O)OC)C5C[C@@H]6[C@H](C5)C6(F)F)[nH]c4Cl)cc3)cc2)=C(C)C1)C1C[C@@H]2[C@H](C1)C2(F)F. The lowest BCUT2D eigenvalue weighted by molar-refractivity contribution is -0.138. The number of alkyl carbamates (subject to hydrolysis) is 2. The largest absolute Gasteiger partial charge is 0.453 e. The number of rotatable bonds is 11. The number of halogens is 5. The van der Waals surface area contributed by atoms with Crippen LogP contribution in [-0.2, 0) is 19.1 Å². The topological polar surface area (TPSA) is 158 Å². The van der Waals surface area contributed by atoms with Gasteiger partial charge in [0, 0.05) is 59.0 Å². The van der Waals surface area contributed by atoms with Crippen molar-refractivity contribution in [1.82, 2.24) is 30.4 Å². The van der Waals surface area contributed by atoms with E-state index in [1.807, 2.05) is 74.2 Å². The number of piperidine rings is 1. The Morgan fingerprint density at radius 2 is 1.20 bits per heavy atom. The zero-order valence-corrected chi connectivity index (χ0v) is 39.7. The van der Waals surface area contributed by atoms with Gasteiger partial charge < -0.3 is 34.9 Å². The molecule has 0 radical (unpaired) electrons. The molecule has 0 bridgehead atoms. The van der Waals surface area contributed by atoms with E-state index < -0.39 is 71.7 Å². The van der Waals surface area contributed by atoms with E-state index >= 15 is 0 Å². The van der Waals surface area contributed by atoms with Gasteiger partial charge in [-0.15, -0.1) is 0 Å². The second-order valence-corrected chi connectivity index (χ2v) is 21.5. The van der Waals surface area contributed by atoms with Crippen LogP contribution in [0.3, 0.4) is 0 Å². The number of methoxy groups -OCH3 is 2. The molecule has 18 heteroatoms. The van der Waals surface area contributed by atoms with Crippen LogP contribution in [0.15, 0.2) is 59.1 Å². The number of H-pyrrole nitrogens is 1. The summed E-state index contributed by atoms with van der Waals surface area (Å²) in [5.41, 5.74) is 6.97. The second-order valence-electron chi connectivity index (χ2n) is 21.1. The minimum absolute atomic E-state index is 0.0401. The normalized spacial score (nSPS) is 33.8. The van der Waals surface area contributed by atoms with E-state index in [0.29, 0.717) is 35.4 Å². The Bertz CT molecular complexity index is 2650. The minimum Gasteiger partial charge on any atom is -0.453 e. The van der Waals surface area contributed by atoms with E-state index in [4.69, 9.17) is 31.1 Å². The first-order chi connectivity index (χ1) is 32.9. The summed E-state index contributed by atoms with van der Waals surface area (Å²) >= 11 is 6.83. The highest BCUT2D eigenvalue weighted by Crippen LogP contribution is 2.67. The summed E-state index contributed by atoms with van der Waals surface area (Å²) in [6.07, 6.45) is 1.98. The number of hydrogen-bond donors (Lipinski definition) is 3. The zero-order valence-electron chi connectivity index (χ0n) is 39.0. The molecule has 4 heterocycles. The molecule has 8 aliphatic rings. The predicted octanol–water partition coefficient (Wildman–Crippen LogP) is 9.29. The Hall–Kier alpha value is -5.45. The number of alkyl halides is 4. The van der Waals surface area contributed by atoms with Crippen LogP contribution in [0.1, 0.15) is 89.6 Å². The minimum atomic E-state index is -2.72. The zero-order chi connectivity index (χ0) is 48.6. The molecule has 3 aliphatic heterocycles. The van der Waals surface area contributed by atoms with E-state index in [1.165, 1.54) is 14.2 Å². The maximum atomic E-state index is 14.4. The quantitative estimate of drug-likeness (QED) is 0.162. The number of amides is 4. The fourth-order valence-corrected chi connectivity index (χ4v) is 13.3. The monoisotopic (exact) mass is 973 g/mol. The first kappa shape index (κ1) is 46.0. The van der Waals surface area contributed by atoms with Crippen LogP contribution in [0.5, 0.6) is 0 Å². The predicted molar refractivity (Wildman–Crippen MR) is 247 cm³/mol. The number of nitrogens with one attached hydrogen (secondary N) is 3. The van der Waals surface area contributed by atoms with E-state index in [0.717, 1.165) is 52.1 Å². The number of aromatic amines is 1. The molecule has 1 aromatic heterocycles. The average Bonchev–Trinajstić information content (AvgIpc) is 3.82. The van der Waals surface area contributed by atoms with Gasteiger partial charge in [0.05, 0.1) is 32.0 Å². The first-order valence-electron chi connectivity index (χ1n) is 24.2. The highest BCUT2D eigenvalue weighted by atomic mass is 35.5. The van der Waals surface area contributed by atoms with Crippen molar-refractivity contribution in [2.75, 3.05) is 14.2 Å². The number of nitrogens with zero attached hydrogens (tertiary/aromatic N) is 4. The highest BCUT2D eigenvalue weighted by molar-refractivity contribution is 6.32. The number of carbonyl (C=O) groups excluding carboxylic acids is 4. The molecule has 5 saturated carbocycles. The molecule has 3 N–H and O–H groups in total. The number of likely N-dealkylation sites (tertiary alicyclic amines) is 2. The molecule has 2 aromatic carbocycles. The fourth-order valence-electron chi connectivity index (χ4n) is 13.1. The molecular weight excluding hydrogens is 918 g/mol. The number of aromatic nitrogens is 2. The van der Waals surface area contributed by atoms with Crippen LogP contribution < -0.4 is 10.6 Å². The number of benzene rings is 2. The number of imidazole rings is 1. The molecular formula is C51H56ClF4N7O6. The maximum absolute atomic E-state index is 14.4. The summed E-state index contributed by atoms with van der Waals surface area (Å²) < 4.78 is 66.4. The number of hydrogen-bond acceptors (Lipinski definition) is 8. The van der Waals surface area contributed by atoms with Crippen molar-refractivity contribution in [3.8, 4) is 22.4 Å². The Morgan fingerprint density at radius 1 is 0.710 bits per heavy atom. The fraction of sp³-hybridized carbons (Fsp3) is 0.569. The number of carbonyl (C=O) groups is 4. The standard InChI is InChI=1S/C51H56ClF4N7O6/c1-22-15-39(62(24(22)3)46(64)42(59-48(66)68-4)30-16-32-33(17-30)50(32,53)54)45-58-41(44(52)61-45)28-12-8-26(9-13-28)25-6-10-27(11-7-25)40-23(2)14-36(57-40)38-21-29-20-37(29)63(38)47(65)43(60-49(67)69-5)31-18-34-35(19-31)51(34,55)56/h6-13,22,24,29-35,37-39,42-43H,14-21H2,1-5H3,(H,58,61)(H,59,66)(H,60,67)/t22-,24-,29-,30?,31?,32-,33+,34-,35+,37-,38+,39+,42?,43?/m1/s1. The lowest BCUT2D eigenvalue weighted by atomic mass is 9.91. The van der Waals surface area contributed by atoms with Gasteiger partial charge in [0.1, 0.15) is 28.8 Å². The summed E-state index contributed by atoms with van der Waals surface area (Å²) in [5.74, 6) is -8.95. The molecule has 5 aliphatic carbocycles. The first-order valence-corrected chi connectivity index (χ1v) is 24.6. The van der Waals surface area contributed by atoms with Crippen molar-refractivity contribution in [1.29, 1.82) is 0 Å². The van der Waals surface area contributed by atoms with Crippen LogP contribution in [-0.4, -0.2) is 106 Å². The van der Waals surface area contributed by atoms with Crippen LogP contribution in [0.2, 0.25) is 5.15 Å². The molecule has 366 valence electrons. The van der Waals surface area contributed by atoms with Gasteiger partial charge in [-0.25, -0.2) is 32.1 Å². The number of fused-ring (bicyclic) bond motifs is 3. The summed E-state index contributed by atoms with van der Waals surface area (Å²) in [4.78, 5) is 70.6. The van der Waals surface area contributed by atoms with Crippen molar-refractivity contribution < 1.29 is 46.2 Å². The van der Waals surface area contributed by atoms with Gasteiger partial charge in [-0.3, -0.25) is 14.6 Å². The molecule has 7 fully saturated rings. The van der Waals surface area contributed by atoms with Gasteiger partial charge in [-0.2, -0.15) is 0 Å². The molecule has 0 spiro atoms. The average molecular weight is 974 g/mol. The van der Waals surface area contributed by atoms with Crippen LogP contribution in [0.4, 0.5) is 27.2 Å². The van der Waals surface area contributed by atoms with Gasteiger partial charge in [0.15, 0.2) is 0 Å². The molecule has 13 nitrogen and oxygen atoms in total. The second kappa shape index (κ2) is 16.6. The Labute approximate surface area is 402 Å². The van der Waals surface area contributed by atoms with Crippen molar-refractivity contribution in [3.63, 3.8) is 0 Å². The Balaban J connectivity index is 0.771.